The summed E-state index contributed by atoms with van der Waals surface area (Å²) < 4.78 is 32.6. The molecule has 0 heterocycles. The van der Waals surface area contributed by atoms with E-state index in [9.17, 15) is 19.0 Å². The van der Waals surface area contributed by atoms with Gasteiger partial charge in [0.05, 0.1) is 13.2 Å². The number of unbranched alkanes of at least 4 members (excludes halogenated alkanes) is 2. The van der Waals surface area contributed by atoms with Crippen molar-refractivity contribution >= 4 is 19.8 Å². The van der Waals surface area contributed by atoms with Crippen LogP contribution >= 0.6 is 7.82 Å². The Hall–Kier alpha value is -4.11. The molecule has 340 valence electrons. The lowest BCUT2D eigenvalue weighted by atomic mass is 10.2. The predicted molar refractivity (Wildman–Crippen MR) is 256 cm³/mol. The van der Waals surface area contributed by atoms with Gasteiger partial charge in [0.2, 0.25) is 0 Å². The van der Waals surface area contributed by atoms with E-state index in [1.165, 1.54) is 19.3 Å². The molecule has 0 saturated heterocycles. The number of phosphoric ester groups is 1. The highest BCUT2D eigenvalue weighted by molar-refractivity contribution is 7.47. The van der Waals surface area contributed by atoms with Crippen molar-refractivity contribution in [3.05, 3.63) is 146 Å². The number of ether oxygens (including phenoxy) is 2. The lowest BCUT2D eigenvalue weighted by Gasteiger charge is -2.19. The summed E-state index contributed by atoms with van der Waals surface area (Å²) in [7, 11) is -4.43. The maximum Gasteiger partial charge on any atom is 0.472 e. The number of carbonyl (C=O) groups is 2. The van der Waals surface area contributed by atoms with Crippen LogP contribution in [0, 0.1) is 0 Å². The van der Waals surface area contributed by atoms with Crippen molar-refractivity contribution in [2.24, 2.45) is 5.73 Å². The zero-order valence-electron chi connectivity index (χ0n) is 37.3. The van der Waals surface area contributed by atoms with Gasteiger partial charge in [-0.3, -0.25) is 18.6 Å². The van der Waals surface area contributed by atoms with Crippen LogP contribution in [0.2, 0.25) is 0 Å². The van der Waals surface area contributed by atoms with Crippen LogP contribution in [0.15, 0.2) is 146 Å². The molecule has 10 heteroatoms. The largest absolute Gasteiger partial charge is 0.472 e. The Morgan fingerprint density at radius 2 is 0.869 bits per heavy atom. The Kier molecular flexibility index (Phi) is 42.4. The minimum atomic E-state index is -4.43. The maximum atomic E-state index is 12.6. The highest BCUT2D eigenvalue weighted by Gasteiger charge is 2.25. The van der Waals surface area contributed by atoms with Gasteiger partial charge in [0.1, 0.15) is 6.61 Å². The first-order valence-corrected chi connectivity index (χ1v) is 23.8. The van der Waals surface area contributed by atoms with Crippen molar-refractivity contribution in [2.75, 3.05) is 26.4 Å². The molecule has 61 heavy (non-hydrogen) atoms. The van der Waals surface area contributed by atoms with E-state index in [1.807, 2.05) is 24.3 Å². The van der Waals surface area contributed by atoms with Crippen molar-refractivity contribution in [1.29, 1.82) is 0 Å². The average molecular weight is 864 g/mol. The molecule has 0 aromatic rings. The molecule has 0 aromatic carbocycles. The standard InChI is InChI=1S/C51H78NO8P/c1-3-5-7-9-11-13-15-17-19-21-23-24-26-28-30-32-34-36-38-40-42-44-51(54)60-49(48-59-61(55,56)58-46-45-52)47-57-50(53)43-41-39-37-35-33-31-29-27-25-22-20-18-16-14-12-10-8-6-4-2/h6,8-9,11-12,14-15,17-18,20-21,23,25-28,31-34,37-40,49H,3-5,7,10,13,16,19,22,24,29-30,35-36,41-48,52H2,1-2H3,(H,55,56). The summed E-state index contributed by atoms with van der Waals surface area (Å²) in [6.45, 7) is 3.36. The molecule has 0 aromatic heterocycles. The van der Waals surface area contributed by atoms with E-state index in [2.05, 4.69) is 135 Å². The van der Waals surface area contributed by atoms with Gasteiger partial charge in [-0.1, -0.05) is 173 Å². The van der Waals surface area contributed by atoms with Crippen molar-refractivity contribution in [1.82, 2.24) is 0 Å². The fourth-order valence-corrected chi connectivity index (χ4v) is 5.72. The van der Waals surface area contributed by atoms with E-state index < -0.39 is 32.5 Å². The molecule has 0 radical (unpaired) electrons. The maximum absolute atomic E-state index is 12.6. The minimum Gasteiger partial charge on any atom is -0.462 e. The molecule has 0 amide bonds. The summed E-state index contributed by atoms with van der Waals surface area (Å²) >= 11 is 0. The third kappa shape index (κ3) is 45.3. The monoisotopic (exact) mass is 864 g/mol. The highest BCUT2D eigenvalue weighted by Crippen LogP contribution is 2.43. The fourth-order valence-electron chi connectivity index (χ4n) is 4.96. The van der Waals surface area contributed by atoms with Crippen molar-refractivity contribution in [3.8, 4) is 0 Å². The predicted octanol–water partition coefficient (Wildman–Crippen LogP) is 13.3. The van der Waals surface area contributed by atoms with Gasteiger partial charge in [-0.25, -0.2) is 4.57 Å². The molecule has 2 atom stereocenters. The summed E-state index contributed by atoms with van der Waals surface area (Å²) in [4.78, 5) is 34.8. The van der Waals surface area contributed by atoms with Crippen LogP contribution in [0.5, 0.6) is 0 Å². The van der Waals surface area contributed by atoms with Gasteiger partial charge in [-0.2, -0.15) is 0 Å². The number of rotatable bonds is 39. The lowest BCUT2D eigenvalue weighted by Crippen LogP contribution is -2.29. The Labute approximate surface area is 369 Å². The van der Waals surface area contributed by atoms with Crippen LogP contribution in [0.1, 0.15) is 129 Å². The van der Waals surface area contributed by atoms with Crippen molar-refractivity contribution in [3.63, 3.8) is 0 Å². The topological polar surface area (TPSA) is 134 Å². The normalized spacial score (nSPS) is 14.6. The minimum absolute atomic E-state index is 0.0232. The van der Waals surface area contributed by atoms with Gasteiger partial charge in [-0.05, 0) is 89.9 Å². The molecule has 0 spiro atoms. The van der Waals surface area contributed by atoms with Crippen LogP contribution in [0.25, 0.3) is 0 Å². The van der Waals surface area contributed by atoms with Gasteiger partial charge < -0.3 is 20.1 Å². The van der Waals surface area contributed by atoms with Crippen LogP contribution in [-0.4, -0.2) is 49.3 Å². The van der Waals surface area contributed by atoms with E-state index in [0.717, 1.165) is 70.6 Å². The number of phosphoric acid groups is 1. The first-order valence-electron chi connectivity index (χ1n) is 22.3. The molecule has 9 nitrogen and oxygen atoms in total. The van der Waals surface area contributed by atoms with Gasteiger partial charge in [0.15, 0.2) is 6.10 Å². The quantitative estimate of drug-likeness (QED) is 0.0268. The van der Waals surface area contributed by atoms with Crippen molar-refractivity contribution in [2.45, 2.75) is 136 Å². The molecule has 3 N–H and O–H groups in total. The molecular formula is C51H78NO8P. The number of esters is 2. The number of hydrogen-bond donors (Lipinski definition) is 2. The van der Waals surface area contributed by atoms with Crippen LogP contribution < -0.4 is 5.73 Å². The molecule has 0 fully saturated rings. The second-order valence-electron chi connectivity index (χ2n) is 13.8. The lowest BCUT2D eigenvalue weighted by molar-refractivity contribution is -0.161. The van der Waals surface area contributed by atoms with E-state index in [4.69, 9.17) is 24.3 Å². The zero-order chi connectivity index (χ0) is 44.6. The molecule has 2 unspecified atom stereocenters. The third-order valence-electron chi connectivity index (χ3n) is 8.24. The Bertz CT molecular complexity index is 1490. The SMILES string of the molecule is CCC=CCC=CCC=CCC=CCC=CCC=CCCC(=O)OCC(COP(=O)(O)OCCN)OC(=O)CCC=CCC=CCC=CCC=CCC=CCC=CCCCC. The molecule has 0 bridgehead atoms. The molecule has 0 aliphatic carbocycles. The van der Waals surface area contributed by atoms with E-state index in [-0.39, 0.29) is 32.6 Å². The number of carbonyl (C=O) groups excluding carboxylic acids is 2. The van der Waals surface area contributed by atoms with E-state index in [0.29, 0.717) is 12.8 Å². The molecule has 0 aliphatic heterocycles. The van der Waals surface area contributed by atoms with E-state index >= 15 is 0 Å². The summed E-state index contributed by atoms with van der Waals surface area (Å²) in [6.07, 6.45) is 64.8. The summed E-state index contributed by atoms with van der Waals surface area (Å²) in [5, 5.41) is 0. The molecule has 0 saturated carbocycles. The highest BCUT2D eigenvalue weighted by atomic mass is 31.2. The Balaban J connectivity index is 4.43. The number of nitrogens with two attached hydrogens (primary N) is 1. The average Bonchev–Trinajstić information content (AvgIpc) is 3.25. The Morgan fingerprint density at radius 3 is 1.25 bits per heavy atom. The number of allylic oxidation sites excluding steroid dienone is 24. The van der Waals surface area contributed by atoms with Gasteiger partial charge in [0, 0.05) is 19.4 Å². The van der Waals surface area contributed by atoms with E-state index in [1.54, 1.807) is 0 Å². The van der Waals surface area contributed by atoms with Crippen molar-refractivity contribution < 1.29 is 37.6 Å². The summed E-state index contributed by atoms with van der Waals surface area (Å²) in [6, 6.07) is 0. The summed E-state index contributed by atoms with van der Waals surface area (Å²) in [5.41, 5.74) is 5.34. The van der Waals surface area contributed by atoms with Crippen LogP contribution in [0.4, 0.5) is 0 Å². The van der Waals surface area contributed by atoms with Gasteiger partial charge in [-0.15, -0.1) is 0 Å². The van der Waals surface area contributed by atoms with Crippen LogP contribution in [-0.2, 0) is 32.7 Å². The number of hydrogen-bond acceptors (Lipinski definition) is 8. The zero-order valence-corrected chi connectivity index (χ0v) is 38.2. The summed E-state index contributed by atoms with van der Waals surface area (Å²) in [5.74, 6) is -1.04. The smallest absolute Gasteiger partial charge is 0.462 e. The Morgan fingerprint density at radius 1 is 0.508 bits per heavy atom. The van der Waals surface area contributed by atoms with Gasteiger partial charge >= 0.3 is 19.8 Å². The molecule has 0 aliphatic rings. The second-order valence-corrected chi connectivity index (χ2v) is 15.3. The van der Waals surface area contributed by atoms with Crippen LogP contribution in [0.3, 0.4) is 0 Å². The first kappa shape index (κ1) is 56.9. The van der Waals surface area contributed by atoms with Gasteiger partial charge in [0.25, 0.3) is 0 Å². The first-order chi connectivity index (χ1) is 29.8. The third-order valence-corrected chi connectivity index (χ3v) is 9.22. The molecule has 0 rings (SSSR count). The fraction of sp³-hybridized carbons (Fsp3) is 0.490. The second kappa shape index (κ2) is 45.4. The molecular weight excluding hydrogens is 786 g/mol.